The van der Waals surface area contributed by atoms with E-state index in [1.54, 1.807) is 24.3 Å². The molecular weight excluding hydrogens is 314 g/mol. The quantitative estimate of drug-likeness (QED) is 0.686. The summed E-state index contributed by atoms with van der Waals surface area (Å²) in [5.41, 5.74) is 1.10. The van der Waals surface area contributed by atoms with Gasteiger partial charge in [-0.1, -0.05) is 29.5 Å². The van der Waals surface area contributed by atoms with Crippen LogP contribution in [0, 0.1) is 5.92 Å². The number of anilines is 2. The molecule has 0 saturated heterocycles. The van der Waals surface area contributed by atoms with Crippen molar-refractivity contribution in [1.29, 1.82) is 0 Å². The maximum absolute atomic E-state index is 12.2. The summed E-state index contributed by atoms with van der Waals surface area (Å²) in [7, 11) is 0. The Balaban J connectivity index is 1.54. The summed E-state index contributed by atoms with van der Waals surface area (Å²) in [6.45, 7) is 0. The van der Waals surface area contributed by atoms with Crippen molar-refractivity contribution in [3.8, 4) is 0 Å². The number of nitrogens with one attached hydrogen (secondary N) is 3. The normalized spacial score (nSPS) is 13.9. The van der Waals surface area contributed by atoms with Crippen LogP contribution >= 0.6 is 11.3 Å². The highest BCUT2D eigenvalue weighted by Gasteiger charge is 2.30. The van der Waals surface area contributed by atoms with Crippen molar-refractivity contribution in [2.75, 3.05) is 10.6 Å². The molecule has 0 aliphatic heterocycles. The minimum atomic E-state index is -0.240. The van der Waals surface area contributed by atoms with Gasteiger partial charge in [-0.05, 0) is 25.0 Å². The molecule has 1 fully saturated rings. The zero-order chi connectivity index (χ0) is 15.8. The Morgan fingerprint density at radius 1 is 1.17 bits per heavy atom. The summed E-state index contributed by atoms with van der Waals surface area (Å²) in [5, 5.41) is 12.9. The fourth-order valence-corrected chi connectivity index (χ4v) is 3.04. The van der Waals surface area contributed by atoms with E-state index in [9.17, 15) is 9.59 Å². The van der Waals surface area contributed by atoms with E-state index in [1.807, 2.05) is 6.07 Å². The fourth-order valence-electron chi connectivity index (χ4n) is 2.18. The lowest BCUT2D eigenvalue weighted by atomic mass is 10.2. The fraction of sp³-hybridized carbons (Fsp3) is 0.200. The first-order valence-electron chi connectivity index (χ1n) is 7.23. The summed E-state index contributed by atoms with van der Waals surface area (Å²) in [4.78, 5) is 28.2. The zero-order valence-corrected chi connectivity index (χ0v) is 12.8. The van der Waals surface area contributed by atoms with Crippen molar-refractivity contribution in [2.45, 2.75) is 12.8 Å². The third kappa shape index (κ3) is 2.80. The first kappa shape index (κ1) is 13.9. The Kier molecular flexibility index (Phi) is 3.30. The van der Waals surface area contributed by atoms with E-state index >= 15 is 0 Å². The van der Waals surface area contributed by atoms with Crippen molar-refractivity contribution in [2.24, 2.45) is 5.92 Å². The second kappa shape index (κ2) is 5.47. The summed E-state index contributed by atoms with van der Waals surface area (Å²) in [6, 6.07) is 8.91. The van der Waals surface area contributed by atoms with Crippen molar-refractivity contribution >= 4 is 44.4 Å². The van der Waals surface area contributed by atoms with Crippen molar-refractivity contribution < 1.29 is 9.59 Å². The average Bonchev–Trinajstić information content (AvgIpc) is 3.25. The van der Waals surface area contributed by atoms with Crippen LogP contribution in [0.4, 0.5) is 10.9 Å². The summed E-state index contributed by atoms with van der Waals surface area (Å²) >= 11 is 1.29. The van der Waals surface area contributed by atoms with Gasteiger partial charge in [0, 0.05) is 11.5 Å². The second-order valence-electron chi connectivity index (χ2n) is 5.35. The Labute approximate surface area is 135 Å². The molecule has 8 heteroatoms. The molecule has 0 unspecified atom stereocenters. The van der Waals surface area contributed by atoms with E-state index in [4.69, 9.17) is 0 Å². The summed E-state index contributed by atoms with van der Waals surface area (Å²) in [5.74, 6) is 0.297. The number of nitrogens with zero attached hydrogens (tertiary/aromatic N) is 2. The minimum Gasteiger partial charge on any atom is -0.304 e. The highest BCUT2D eigenvalue weighted by Crippen LogP contribution is 2.33. The van der Waals surface area contributed by atoms with Crippen LogP contribution in [0.3, 0.4) is 0 Å². The average molecular weight is 327 g/mol. The van der Waals surface area contributed by atoms with Gasteiger partial charge in [0.15, 0.2) is 16.6 Å². The Morgan fingerprint density at radius 3 is 2.70 bits per heavy atom. The number of carbonyl (C=O) groups is 2. The molecule has 2 heterocycles. The number of rotatable bonds is 4. The van der Waals surface area contributed by atoms with E-state index in [0.717, 1.165) is 12.8 Å². The molecule has 1 saturated carbocycles. The first-order valence-corrected chi connectivity index (χ1v) is 8.04. The number of amides is 2. The largest absolute Gasteiger partial charge is 0.304 e. The van der Waals surface area contributed by atoms with Crippen LogP contribution in [0.2, 0.25) is 0 Å². The number of hydrogen-bond donors (Lipinski definition) is 3. The molecule has 1 aliphatic rings. The predicted octanol–water partition coefficient (Wildman–Crippen LogP) is 2.62. The van der Waals surface area contributed by atoms with Crippen LogP contribution < -0.4 is 10.6 Å². The van der Waals surface area contributed by atoms with Gasteiger partial charge in [-0.15, -0.1) is 0 Å². The lowest BCUT2D eigenvalue weighted by Crippen LogP contribution is -2.13. The van der Waals surface area contributed by atoms with Gasteiger partial charge in [0.05, 0.1) is 0 Å². The molecule has 3 aromatic rings. The van der Waals surface area contributed by atoms with E-state index < -0.39 is 0 Å². The Hall–Kier alpha value is -2.74. The van der Waals surface area contributed by atoms with Gasteiger partial charge in [0.1, 0.15) is 4.70 Å². The van der Waals surface area contributed by atoms with Crippen molar-refractivity contribution in [1.82, 2.24) is 15.2 Å². The number of aromatic nitrogens is 3. The maximum atomic E-state index is 12.2. The Morgan fingerprint density at radius 2 is 1.96 bits per heavy atom. The van der Waals surface area contributed by atoms with Crippen molar-refractivity contribution in [3.05, 3.63) is 35.9 Å². The molecular formula is C15H13N5O2S. The van der Waals surface area contributed by atoms with E-state index in [2.05, 4.69) is 25.8 Å². The molecule has 3 N–H and O–H groups in total. The van der Waals surface area contributed by atoms with Crippen molar-refractivity contribution in [3.63, 3.8) is 0 Å². The molecule has 0 radical (unpaired) electrons. The van der Waals surface area contributed by atoms with Crippen LogP contribution in [-0.2, 0) is 4.79 Å². The standard InChI is InChI=1S/C15H13N5O2S/c21-13(8-4-2-1-3-5-8)16-11-10-12(20-19-11)17-15(23-10)18-14(22)9-6-7-9/h1-5,9H,6-7H2,(H3,16,17,18,19,20,21,22). The zero-order valence-electron chi connectivity index (χ0n) is 12.0. The molecule has 116 valence electrons. The minimum absolute atomic E-state index is 0.00392. The van der Waals surface area contributed by atoms with E-state index in [-0.39, 0.29) is 17.7 Å². The highest BCUT2D eigenvalue weighted by molar-refractivity contribution is 7.22. The van der Waals surface area contributed by atoms with Gasteiger partial charge in [-0.25, -0.2) is 4.98 Å². The number of benzene rings is 1. The van der Waals surface area contributed by atoms with Gasteiger partial charge in [-0.3, -0.25) is 14.7 Å². The summed E-state index contributed by atoms with van der Waals surface area (Å²) < 4.78 is 0.709. The van der Waals surface area contributed by atoms with Crippen LogP contribution in [0.15, 0.2) is 30.3 Å². The number of carbonyl (C=O) groups excluding carboxylic acids is 2. The second-order valence-corrected chi connectivity index (χ2v) is 6.35. The Bertz CT molecular complexity index is 882. The monoisotopic (exact) mass is 327 g/mol. The lowest BCUT2D eigenvalue weighted by molar-refractivity contribution is -0.117. The lowest BCUT2D eigenvalue weighted by Gasteiger charge is -2.01. The van der Waals surface area contributed by atoms with Crippen LogP contribution in [0.1, 0.15) is 23.2 Å². The predicted molar refractivity (Wildman–Crippen MR) is 87.5 cm³/mol. The SMILES string of the molecule is O=C(Nc1n[nH]c2nc(NC(=O)C3CC3)sc12)c1ccccc1. The van der Waals surface area contributed by atoms with Gasteiger partial charge < -0.3 is 10.6 Å². The molecule has 1 aromatic carbocycles. The number of fused-ring (bicyclic) bond motifs is 1. The molecule has 2 amide bonds. The molecule has 23 heavy (non-hydrogen) atoms. The summed E-state index contributed by atoms with van der Waals surface area (Å²) in [6.07, 6.45) is 1.88. The van der Waals surface area contributed by atoms with Gasteiger partial charge >= 0.3 is 0 Å². The van der Waals surface area contributed by atoms with E-state index in [0.29, 0.717) is 26.9 Å². The molecule has 2 aromatic heterocycles. The number of thiazole rings is 1. The molecule has 7 nitrogen and oxygen atoms in total. The molecule has 0 bridgehead atoms. The first-order chi connectivity index (χ1) is 11.2. The highest BCUT2D eigenvalue weighted by atomic mass is 32.1. The molecule has 0 spiro atoms. The smallest absolute Gasteiger partial charge is 0.256 e. The van der Waals surface area contributed by atoms with Gasteiger partial charge in [0.25, 0.3) is 5.91 Å². The van der Waals surface area contributed by atoms with Gasteiger partial charge in [0.2, 0.25) is 5.91 Å². The van der Waals surface area contributed by atoms with Crippen LogP contribution in [-0.4, -0.2) is 27.0 Å². The molecule has 0 atom stereocenters. The number of aromatic amines is 1. The number of hydrogen-bond acceptors (Lipinski definition) is 5. The molecule has 1 aliphatic carbocycles. The maximum Gasteiger partial charge on any atom is 0.256 e. The molecule has 4 rings (SSSR count). The van der Waals surface area contributed by atoms with E-state index in [1.165, 1.54) is 11.3 Å². The third-order valence-electron chi connectivity index (χ3n) is 3.56. The number of H-pyrrole nitrogens is 1. The third-order valence-corrected chi connectivity index (χ3v) is 4.54. The van der Waals surface area contributed by atoms with Gasteiger partial charge in [-0.2, -0.15) is 5.10 Å². The topological polar surface area (TPSA) is 99.8 Å². The van der Waals surface area contributed by atoms with Crippen LogP contribution in [0.5, 0.6) is 0 Å². The van der Waals surface area contributed by atoms with Crippen LogP contribution in [0.25, 0.3) is 10.3 Å².